The second-order valence-electron chi connectivity index (χ2n) is 7.81. The van der Waals surface area contributed by atoms with E-state index >= 15 is 4.39 Å². The Morgan fingerprint density at radius 1 is 1.10 bits per heavy atom. The Bertz CT molecular complexity index is 1270. The van der Waals surface area contributed by atoms with Crippen LogP contribution in [0.5, 0.6) is 5.75 Å². The molecule has 0 aliphatic heterocycles. The third kappa shape index (κ3) is 3.50. The van der Waals surface area contributed by atoms with Gasteiger partial charge in [-0.1, -0.05) is 36.8 Å². The van der Waals surface area contributed by atoms with Crippen LogP contribution in [0.15, 0.2) is 60.7 Å². The first-order valence-electron chi connectivity index (χ1n) is 10.3. The largest absolute Gasteiger partial charge is 0.497 e. The second kappa shape index (κ2) is 7.99. The SMILES string of the molecule is COc1ccc(/C(=C(\c2[c]cccc2)c2ccc3[nH]nc(F)c3c2)C2CCC2)c(F)c1. The zero-order valence-corrected chi connectivity index (χ0v) is 17.1. The van der Waals surface area contributed by atoms with E-state index in [1.54, 1.807) is 18.2 Å². The maximum atomic E-state index is 15.3. The molecule has 0 amide bonds. The van der Waals surface area contributed by atoms with Crippen LogP contribution >= 0.6 is 0 Å². The summed E-state index contributed by atoms with van der Waals surface area (Å²) in [5.74, 6) is -0.181. The summed E-state index contributed by atoms with van der Waals surface area (Å²) in [6.07, 6.45) is 3.08. The van der Waals surface area contributed by atoms with Crippen molar-refractivity contribution in [3.8, 4) is 5.75 Å². The smallest absolute Gasteiger partial charge is 0.240 e. The van der Waals surface area contributed by atoms with Gasteiger partial charge in [-0.25, -0.2) is 4.39 Å². The van der Waals surface area contributed by atoms with E-state index in [0.29, 0.717) is 22.2 Å². The van der Waals surface area contributed by atoms with Crippen molar-refractivity contribution in [3.05, 3.63) is 95.2 Å². The van der Waals surface area contributed by atoms with Crippen LogP contribution in [0, 0.1) is 23.7 Å². The monoisotopic (exact) mass is 415 g/mol. The molecule has 1 saturated carbocycles. The molecule has 0 bridgehead atoms. The van der Waals surface area contributed by atoms with Crippen molar-refractivity contribution in [2.24, 2.45) is 5.92 Å². The summed E-state index contributed by atoms with van der Waals surface area (Å²) < 4.78 is 34.7. The lowest BCUT2D eigenvalue weighted by Gasteiger charge is -2.32. The molecule has 3 aromatic carbocycles. The third-order valence-corrected chi connectivity index (χ3v) is 6.03. The van der Waals surface area contributed by atoms with Crippen LogP contribution in [0.25, 0.3) is 22.0 Å². The molecule has 1 radical (unpaired) electrons. The molecular weight excluding hydrogens is 394 g/mol. The number of aromatic amines is 1. The fourth-order valence-electron chi connectivity index (χ4n) is 4.24. The number of hydrogen-bond donors (Lipinski definition) is 1. The van der Waals surface area contributed by atoms with Crippen LogP contribution in [0.2, 0.25) is 0 Å². The Labute approximate surface area is 179 Å². The molecule has 1 aliphatic carbocycles. The number of halogens is 2. The van der Waals surface area contributed by atoms with E-state index in [0.717, 1.165) is 41.5 Å². The van der Waals surface area contributed by atoms with Gasteiger partial charge >= 0.3 is 0 Å². The van der Waals surface area contributed by atoms with Crippen molar-refractivity contribution >= 4 is 22.0 Å². The number of nitrogens with zero attached hydrogens (tertiary/aromatic N) is 1. The van der Waals surface area contributed by atoms with Gasteiger partial charge in [-0.3, -0.25) is 5.10 Å². The van der Waals surface area contributed by atoms with Crippen LogP contribution < -0.4 is 4.74 Å². The van der Waals surface area contributed by atoms with Gasteiger partial charge in [-0.2, -0.15) is 4.39 Å². The molecule has 0 unspecified atom stereocenters. The van der Waals surface area contributed by atoms with Crippen LogP contribution in [-0.2, 0) is 0 Å². The van der Waals surface area contributed by atoms with E-state index in [4.69, 9.17) is 4.74 Å². The number of nitrogens with one attached hydrogen (secondary N) is 1. The minimum absolute atomic E-state index is 0.219. The zero-order valence-electron chi connectivity index (χ0n) is 17.1. The molecule has 4 aromatic rings. The number of ether oxygens (including phenoxy) is 1. The summed E-state index contributed by atoms with van der Waals surface area (Å²) in [5.41, 5.74) is 4.63. The topological polar surface area (TPSA) is 37.9 Å². The van der Waals surface area contributed by atoms with Gasteiger partial charge in [0.05, 0.1) is 18.0 Å². The predicted molar refractivity (Wildman–Crippen MR) is 118 cm³/mol. The maximum Gasteiger partial charge on any atom is 0.240 e. The van der Waals surface area contributed by atoms with Crippen LogP contribution in [-0.4, -0.2) is 17.3 Å². The first-order valence-corrected chi connectivity index (χ1v) is 10.3. The highest BCUT2D eigenvalue weighted by Gasteiger charge is 2.29. The molecule has 0 spiro atoms. The normalized spacial score (nSPS) is 14.9. The standard InChI is InChI=1S/C26H21F2N2O/c1-31-19-11-12-20(22(27)15-19)25(17-8-5-9-17)24(16-6-3-2-4-7-16)18-10-13-23-21(14-18)26(28)30-29-23/h2-4,6,10-15,17H,5,8-9H2,1H3,(H,29,30)/b25-24+. The molecule has 1 heterocycles. The molecule has 1 N–H and O–H groups in total. The Morgan fingerprint density at radius 3 is 2.65 bits per heavy atom. The molecule has 155 valence electrons. The Balaban J connectivity index is 1.82. The van der Waals surface area contributed by atoms with E-state index in [1.807, 2.05) is 36.4 Å². The molecule has 3 nitrogen and oxygen atoms in total. The number of H-pyrrole nitrogens is 1. The number of fused-ring (bicyclic) bond motifs is 1. The van der Waals surface area contributed by atoms with Gasteiger partial charge in [0.15, 0.2) is 0 Å². The second-order valence-corrected chi connectivity index (χ2v) is 7.81. The lowest BCUT2D eigenvalue weighted by atomic mass is 9.73. The first kappa shape index (κ1) is 19.5. The highest BCUT2D eigenvalue weighted by atomic mass is 19.1. The number of aromatic nitrogens is 2. The summed E-state index contributed by atoms with van der Waals surface area (Å²) in [6.45, 7) is 0. The first-order chi connectivity index (χ1) is 15.2. The van der Waals surface area contributed by atoms with Gasteiger partial charge in [0.2, 0.25) is 5.95 Å². The van der Waals surface area contributed by atoms with Gasteiger partial charge in [-0.05, 0) is 71.4 Å². The number of methoxy groups -OCH3 is 1. The van der Waals surface area contributed by atoms with Gasteiger partial charge in [0, 0.05) is 11.6 Å². The molecule has 1 fully saturated rings. The molecule has 5 heteroatoms. The predicted octanol–water partition coefficient (Wildman–Crippen LogP) is 6.41. The van der Waals surface area contributed by atoms with Gasteiger partial charge < -0.3 is 4.74 Å². The summed E-state index contributed by atoms with van der Waals surface area (Å²) in [4.78, 5) is 0. The molecular formula is C26H21F2N2O. The maximum absolute atomic E-state index is 15.3. The number of benzene rings is 3. The lowest BCUT2D eigenvalue weighted by molar-refractivity contribution is 0.398. The van der Waals surface area contributed by atoms with E-state index in [-0.39, 0.29) is 11.7 Å². The molecule has 1 aliphatic rings. The summed E-state index contributed by atoms with van der Waals surface area (Å²) in [7, 11) is 1.52. The van der Waals surface area contributed by atoms with Gasteiger partial charge in [0.25, 0.3) is 0 Å². The van der Waals surface area contributed by atoms with E-state index in [1.165, 1.54) is 13.2 Å². The van der Waals surface area contributed by atoms with Crippen molar-refractivity contribution in [1.29, 1.82) is 0 Å². The molecule has 1 aromatic heterocycles. The molecule has 31 heavy (non-hydrogen) atoms. The molecule has 5 rings (SSSR count). The minimum Gasteiger partial charge on any atom is -0.497 e. The van der Waals surface area contributed by atoms with Crippen LogP contribution in [0.4, 0.5) is 8.78 Å². The average molecular weight is 415 g/mol. The quantitative estimate of drug-likeness (QED) is 0.383. The van der Waals surface area contributed by atoms with Gasteiger partial charge in [-0.15, -0.1) is 5.10 Å². The minimum atomic E-state index is -0.547. The van der Waals surface area contributed by atoms with Crippen LogP contribution in [0.1, 0.15) is 36.0 Å². The van der Waals surface area contributed by atoms with E-state index in [9.17, 15) is 4.39 Å². The fraction of sp³-hybridized carbons (Fsp3) is 0.192. The van der Waals surface area contributed by atoms with Crippen molar-refractivity contribution in [2.75, 3.05) is 7.11 Å². The Kier molecular flexibility index (Phi) is 5.02. The zero-order chi connectivity index (χ0) is 21.4. The van der Waals surface area contributed by atoms with Crippen LogP contribution in [0.3, 0.4) is 0 Å². The average Bonchev–Trinajstić information content (AvgIpc) is 3.13. The molecule has 0 saturated heterocycles. The summed E-state index contributed by atoms with van der Waals surface area (Å²) >= 11 is 0. The third-order valence-electron chi connectivity index (χ3n) is 6.03. The number of allylic oxidation sites excluding steroid dienone is 1. The number of rotatable bonds is 5. The Hall–Kier alpha value is -3.47. The summed E-state index contributed by atoms with van der Waals surface area (Å²) in [5, 5.41) is 6.79. The highest BCUT2D eigenvalue weighted by molar-refractivity contribution is 6.01. The van der Waals surface area contributed by atoms with Crippen molar-refractivity contribution in [3.63, 3.8) is 0 Å². The van der Waals surface area contributed by atoms with Gasteiger partial charge in [0.1, 0.15) is 11.6 Å². The van der Waals surface area contributed by atoms with Crippen molar-refractivity contribution in [1.82, 2.24) is 10.2 Å². The fourth-order valence-corrected chi connectivity index (χ4v) is 4.24. The Morgan fingerprint density at radius 2 is 1.97 bits per heavy atom. The molecule has 0 atom stereocenters. The van der Waals surface area contributed by atoms with Crippen molar-refractivity contribution < 1.29 is 13.5 Å². The number of hydrogen-bond acceptors (Lipinski definition) is 2. The highest BCUT2D eigenvalue weighted by Crippen LogP contribution is 2.46. The van der Waals surface area contributed by atoms with Crippen molar-refractivity contribution in [2.45, 2.75) is 19.3 Å². The van der Waals surface area contributed by atoms with E-state index in [2.05, 4.69) is 16.3 Å². The van der Waals surface area contributed by atoms with E-state index < -0.39 is 5.95 Å². The summed E-state index contributed by atoms with van der Waals surface area (Å²) in [6, 6.07) is 21.4. The lowest BCUT2D eigenvalue weighted by Crippen LogP contribution is -2.16.